The summed E-state index contributed by atoms with van der Waals surface area (Å²) < 4.78 is 432. The Balaban J connectivity index is 1.08. The molecule has 14 aromatic rings. The molecule has 0 N–H and O–H groups in total. The van der Waals surface area contributed by atoms with Crippen molar-refractivity contribution in [1.82, 2.24) is 14.1 Å². The highest BCUT2D eigenvalue weighted by molar-refractivity contribution is 7.19. The van der Waals surface area contributed by atoms with Crippen molar-refractivity contribution in [2.75, 3.05) is 0 Å². The summed E-state index contributed by atoms with van der Waals surface area (Å²) in [5, 5.41) is -3.93. The molecule has 1 aliphatic rings. The van der Waals surface area contributed by atoms with Gasteiger partial charge in [-0.2, -0.15) is 0 Å². The lowest BCUT2D eigenvalue weighted by molar-refractivity contribution is -0.571. The summed E-state index contributed by atoms with van der Waals surface area (Å²) in [4.78, 5) is 4.69. The number of benzene rings is 11. The van der Waals surface area contributed by atoms with E-state index in [9.17, 15) is 39.8 Å². The second-order valence-corrected chi connectivity index (χ2v) is 23.5. The van der Waals surface area contributed by atoms with Gasteiger partial charge in [0.25, 0.3) is 6.33 Å². The Bertz CT molecular complexity index is 7060. The van der Waals surface area contributed by atoms with E-state index in [-0.39, 0.29) is 50.7 Å². The summed E-state index contributed by atoms with van der Waals surface area (Å²) in [5.41, 5.74) is -17.9. The van der Waals surface area contributed by atoms with E-state index in [1.165, 1.54) is 65.4 Å². The molecule has 3 aromatic heterocycles. The molecule has 420 valence electrons. The summed E-state index contributed by atoms with van der Waals surface area (Å²) in [5.74, 6) is 0.155. The van der Waals surface area contributed by atoms with E-state index in [1.54, 1.807) is 47.0 Å². The van der Waals surface area contributed by atoms with Crippen LogP contribution in [-0.4, -0.2) is 22.2 Å². The van der Waals surface area contributed by atoms with Gasteiger partial charge in [0.15, 0.2) is 8.07 Å². The molecule has 1 aliphatic carbocycles. The van der Waals surface area contributed by atoms with Gasteiger partial charge in [0.05, 0.1) is 69.1 Å². The van der Waals surface area contributed by atoms with Gasteiger partial charge in [-0.3, -0.25) is 13.7 Å². The fraction of sp³-hybridized carbons (Fsp3) is 0.111. The lowest BCUT2D eigenvalue weighted by Crippen LogP contribution is -2.74. The van der Waals surface area contributed by atoms with Crippen molar-refractivity contribution in [2.45, 2.75) is 57.8 Å². The first-order chi connectivity index (χ1) is 61.1. The summed E-state index contributed by atoms with van der Waals surface area (Å²) >= 11 is 0. The van der Waals surface area contributed by atoms with Crippen LogP contribution in [0.5, 0.6) is 11.5 Å². The summed E-state index contributed by atoms with van der Waals surface area (Å²) in [6, 6.07) is -4.05. The Morgan fingerprint density at radius 1 is 0.517 bits per heavy atom. The molecular formula is C81H66N4OSi. The fourth-order valence-corrected chi connectivity index (χ4v) is 14.6. The topological polar surface area (TPSA) is 35.9 Å². The number of hydrogen-bond donors (Lipinski definition) is 0. The number of fused-ring (bicyclic) bond motifs is 5. The van der Waals surface area contributed by atoms with Crippen molar-refractivity contribution in [3.05, 3.63) is 308 Å². The van der Waals surface area contributed by atoms with Gasteiger partial charge in [0.1, 0.15) is 17.3 Å². The van der Waals surface area contributed by atoms with E-state index >= 15 is 0 Å². The molecule has 0 aliphatic heterocycles. The van der Waals surface area contributed by atoms with Crippen LogP contribution in [0, 0.1) is 13.2 Å². The van der Waals surface area contributed by atoms with Gasteiger partial charge in [0, 0.05) is 54.6 Å². The molecule has 0 atom stereocenters. The average molecular weight is 1180 g/mol. The van der Waals surface area contributed by atoms with E-state index in [2.05, 4.69) is 6.33 Å². The molecule has 0 amide bonds. The molecule has 5 nitrogen and oxygen atoms in total. The van der Waals surface area contributed by atoms with E-state index in [0.29, 0.717) is 21.8 Å². The normalized spacial score (nSPS) is 23.0. The quantitative estimate of drug-likeness (QED) is 0.0529. The number of aromatic nitrogens is 4. The van der Waals surface area contributed by atoms with Crippen molar-refractivity contribution in [3.8, 4) is 62.1 Å². The van der Waals surface area contributed by atoms with Crippen molar-refractivity contribution in [1.29, 1.82) is 0 Å². The van der Waals surface area contributed by atoms with Crippen molar-refractivity contribution in [3.63, 3.8) is 0 Å². The first-order valence-corrected chi connectivity index (χ1v) is 28.6. The second-order valence-electron chi connectivity index (χ2n) is 20.0. The Labute approximate surface area is 574 Å². The van der Waals surface area contributed by atoms with Crippen LogP contribution in [0.1, 0.15) is 119 Å². The number of imidazole rings is 1. The molecule has 0 saturated heterocycles. The van der Waals surface area contributed by atoms with Gasteiger partial charge in [-0.05, 0) is 138 Å². The zero-order chi connectivity index (χ0) is 97.6. The molecule has 6 heteroatoms. The molecule has 0 saturated carbocycles. The van der Waals surface area contributed by atoms with Gasteiger partial charge in [-0.1, -0.05) is 257 Å². The van der Waals surface area contributed by atoms with Crippen molar-refractivity contribution >= 4 is 61.7 Å². The monoisotopic (exact) mass is 1180 g/mol. The molecule has 0 bridgehead atoms. The molecule has 3 heterocycles. The number of para-hydroxylation sites is 4. The molecule has 11 aromatic carbocycles. The van der Waals surface area contributed by atoms with Crippen LogP contribution in [-0.2, 0) is 10.8 Å². The molecule has 0 radical (unpaired) electrons. The number of hydrogen-bond acceptors (Lipinski definition) is 2. The number of nitrogens with zero attached hydrogens (tertiary/aromatic N) is 4. The molecular weight excluding hydrogens is 1070 g/mol. The summed E-state index contributed by atoms with van der Waals surface area (Å²) in [7, 11) is -6.75. The molecule has 0 spiro atoms. The second kappa shape index (κ2) is 21.4. The Kier molecular flexibility index (Phi) is 5.90. The van der Waals surface area contributed by atoms with Crippen LogP contribution in [0.3, 0.4) is 0 Å². The van der Waals surface area contributed by atoms with Crippen LogP contribution in [0.4, 0.5) is 0 Å². The number of ether oxygens (including phenoxy) is 1. The number of rotatable bonds is 12. The minimum absolute atomic E-state index is 0.0118. The van der Waals surface area contributed by atoms with Crippen LogP contribution in [0.2, 0.25) is 0 Å². The van der Waals surface area contributed by atoms with Gasteiger partial charge < -0.3 is 4.74 Å². The predicted octanol–water partition coefficient (Wildman–Crippen LogP) is 17.0. The van der Waals surface area contributed by atoms with Gasteiger partial charge >= 0.3 is 0 Å². The van der Waals surface area contributed by atoms with Gasteiger partial charge in [-0.25, -0.2) is 4.98 Å². The Hall–Kier alpha value is -10.1. The van der Waals surface area contributed by atoms with E-state index in [0.717, 1.165) is 28.8 Å². The van der Waals surface area contributed by atoms with Gasteiger partial charge in [-0.15, -0.1) is 0 Å². The van der Waals surface area contributed by atoms with Crippen LogP contribution in [0.15, 0.2) is 285 Å². The molecule has 0 fully saturated rings. The number of aryl methyl sites for hydroxylation is 1. The minimum Gasteiger partial charge on any atom is -0.458 e. The predicted molar refractivity (Wildman–Crippen MR) is 362 cm³/mol. The number of pyridine rings is 1. The van der Waals surface area contributed by atoms with Crippen LogP contribution < -0.4 is 30.1 Å². The summed E-state index contributed by atoms with van der Waals surface area (Å²) in [6.45, 7) is -21.2. The maximum absolute atomic E-state index is 11.0. The summed E-state index contributed by atoms with van der Waals surface area (Å²) in [6.07, 6.45) is -5.37. The average Bonchev–Trinajstić information content (AvgIpc) is 0.717. The largest absolute Gasteiger partial charge is 0.458 e. The highest BCUT2D eigenvalue weighted by Crippen LogP contribution is 2.48. The van der Waals surface area contributed by atoms with E-state index in [4.69, 9.17) is 31.7 Å². The lowest BCUT2D eigenvalue weighted by Gasteiger charge is -2.42. The Morgan fingerprint density at radius 2 is 1.14 bits per heavy atom. The highest BCUT2D eigenvalue weighted by Gasteiger charge is 2.42. The van der Waals surface area contributed by atoms with Crippen LogP contribution >= 0.6 is 0 Å². The molecule has 15 rings (SSSR count). The Morgan fingerprint density at radius 3 is 1.87 bits per heavy atom. The van der Waals surface area contributed by atoms with E-state index in [1.807, 2.05) is 0 Å². The standard InChI is InChI=1S/C81H66N4OSi/c1-56-49-78(82-54-71(56)57-25-10-6-11-26-57)85-74-40-19-18-37-69(74)70-45-44-62(53-77(70)85)86-61-29-23-28-60(52-61)83-55-84(76-42-21-20-41-75(76)83)79-67(38-24-39-68(79)59-43-46-72-73(51-59)81(4,5)48-47-80(72,2)3)58-27-22-36-66(50-58)87(63-30-12-7-13-31-63,64-32-14-8-15-33-64)65-34-16-9-17-35-65/h6-46,49-54H,47-48H2,1-5H3/i1D3,2D3,3D3,4D3,5D3,6D,7D,8D,9D,10D,11D,12D,13D,14D,15D,16D,17D,22D,25D,27D,30D,31D,32D,33D,34D,35D,36D,43D,46D,47D2,48D2,50D,51D. The highest BCUT2D eigenvalue weighted by atomic mass is 28.3. The zero-order valence-corrected chi connectivity index (χ0v) is 45.8. The third-order valence-electron chi connectivity index (χ3n) is 14.9. The third-order valence-corrected chi connectivity index (χ3v) is 18.9. The smallest absolute Gasteiger partial charge is 0.269 e. The maximum Gasteiger partial charge on any atom is 0.269 e. The first-order valence-electron chi connectivity index (χ1n) is 49.1. The molecule has 87 heavy (non-hydrogen) atoms. The van der Waals surface area contributed by atoms with Gasteiger partial charge in [0.2, 0.25) is 0 Å². The minimum atomic E-state index is -6.75. The van der Waals surface area contributed by atoms with Crippen molar-refractivity contribution < 1.29 is 71.0 Å². The van der Waals surface area contributed by atoms with Crippen LogP contribution in [0.25, 0.3) is 83.4 Å². The first kappa shape index (κ1) is 24.0. The fourth-order valence-electron chi connectivity index (χ4n) is 11.0. The lowest BCUT2D eigenvalue weighted by atomic mass is 9.63. The van der Waals surface area contributed by atoms with Crippen molar-refractivity contribution in [2.24, 2.45) is 0 Å². The maximum atomic E-state index is 11.0. The third kappa shape index (κ3) is 9.22. The zero-order valence-electron chi connectivity index (χ0n) is 89.8. The molecule has 0 unspecified atom stereocenters. The van der Waals surface area contributed by atoms with E-state index < -0.39 is 283 Å². The SMILES string of the molecule is [2H]c1cc(-c2cnc(-n3c4ccccc4c4ccc(Oc5cccc(-n6[c-][n+](-c7c(-c8c([2H])c([2H])c9c(c8[2H])C(C([2H])([2H])[2H])(C([2H])([2H])[2H])C([2H])([2H])C([2H])([2H])C9(C([2H])([2H])[2H])C([2H])([2H])[2H])cccc7-c7c([2H])c([2H])c([2H])c([Si](c8c([2H])c([2H])c([2H])c([2H])c8[2H])(c8c([2H])c([2H])c([2H])c([2H])c8[2H])c8c([2H])c([2H])c([2H])c([2H])c8[2H])c7[2H])c7ccccc76)c5)cc43)cc2C([2H])([2H])[2H])c([2H])c([2H])c1[2H].